The molecule has 1 aromatic rings. The fraction of sp³-hybridized carbons (Fsp3) is 0.688. The highest BCUT2D eigenvalue weighted by atomic mass is 35.5. The summed E-state index contributed by atoms with van der Waals surface area (Å²) in [6, 6.07) is 2.76. The first-order valence-corrected chi connectivity index (χ1v) is 8.67. The molecule has 5 heteroatoms. The molecule has 3 nitrogen and oxygen atoms in total. The number of nitrogens with zero attached hydrogens (tertiary/aromatic N) is 1. The second-order valence-corrected chi connectivity index (χ2v) is 7.11. The number of hydrogen-bond donors (Lipinski definition) is 1. The van der Waals surface area contributed by atoms with Crippen LogP contribution in [-0.4, -0.2) is 37.0 Å². The first-order valence-electron chi connectivity index (χ1n) is 7.86. The van der Waals surface area contributed by atoms with Crippen LogP contribution in [0.5, 0.6) is 0 Å². The number of amides is 1. The summed E-state index contributed by atoms with van der Waals surface area (Å²) >= 11 is 1.75. The molecule has 0 bridgehead atoms. The number of hydrogen-bond acceptors (Lipinski definition) is 3. The van der Waals surface area contributed by atoms with E-state index in [9.17, 15) is 4.79 Å². The van der Waals surface area contributed by atoms with Gasteiger partial charge in [-0.3, -0.25) is 4.79 Å². The maximum Gasteiger partial charge on any atom is 0.263 e. The Morgan fingerprint density at radius 2 is 1.95 bits per heavy atom. The molecule has 118 valence electrons. The van der Waals surface area contributed by atoms with E-state index in [1.165, 1.54) is 42.5 Å². The van der Waals surface area contributed by atoms with E-state index in [-0.39, 0.29) is 18.3 Å². The molecular weight excluding hydrogens is 304 g/mol. The quantitative estimate of drug-likeness (QED) is 0.845. The third kappa shape index (κ3) is 3.79. The van der Waals surface area contributed by atoms with Crippen LogP contribution < -0.4 is 5.32 Å². The summed E-state index contributed by atoms with van der Waals surface area (Å²) in [5.41, 5.74) is 1.45. The van der Waals surface area contributed by atoms with Gasteiger partial charge in [-0.15, -0.1) is 23.7 Å². The zero-order chi connectivity index (χ0) is 13.9. The van der Waals surface area contributed by atoms with Crippen molar-refractivity contribution in [2.24, 2.45) is 0 Å². The number of fused-ring (bicyclic) bond motifs is 1. The van der Waals surface area contributed by atoms with Crippen LogP contribution in [0.3, 0.4) is 0 Å². The van der Waals surface area contributed by atoms with E-state index in [1.54, 1.807) is 11.3 Å². The number of nitrogens with one attached hydrogen (secondary N) is 1. The normalized spacial score (nSPS) is 19.6. The molecule has 2 heterocycles. The number of likely N-dealkylation sites (tertiary alicyclic amines) is 1. The summed E-state index contributed by atoms with van der Waals surface area (Å²) in [7, 11) is 2.01. The number of piperidine rings is 1. The Balaban J connectivity index is 0.00000161. The van der Waals surface area contributed by atoms with Gasteiger partial charge in [0.2, 0.25) is 0 Å². The molecule has 0 saturated carbocycles. The van der Waals surface area contributed by atoms with Crippen LogP contribution in [-0.2, 0) is 12.8 Å². The summed E-state index contributed by atoms with van der Waals surface area (Å²) in [4.78, 5) is 17.1. The molecule has 1 fully saturated rings. The number of halogens is 1. The van der Waals surface area contributed by atoms with Crippen LogP contribution in [0.2, 0.25) is 0 Å². The maximum absolute atomic E-state index is 12.6. The third-order valence-electron chi connectivity index (χ3n) is 4.65. The Labute approximate surface area is 137 Å². The molecule has 1 saturated heterocycles. The van der Waals surface area contributed by atoms with Crippen molar-refractivity contribution >= 4 is 29.7 Å². The predicted octanol–water partition coefficient (Wildman–Crippen LogP) is 3.26. The van der Waals surface area contributed by atoms with Crippen molar-refractivity contribution < 1.29 is 4.79 Å². The number of aryl methyl sites for hydroxylation is 2. The van der Waals surface area contributed by atoms with E-state index in [0.717, 1.165) is 30.8 Å². The van der Waals surface area contributed by atoms with Crippen molar-refractivity contribution in [2.75, 3.05) is 20.1 Å². The molecule has 21 heavy (non-hydrogen) atoms. The van der Waals surface area contributed by atoms with Gasteiger partial charge in [0, 0.05) is 24.0 Å². The lowest BCUT2D eigenvalue weighted by Crippen LogP contribution is -2.43. The Morgan fingerprint density at radius 1 is 1.24 bits per heavy atom. The minimum Gasteiger partial charge on any atom is -0.338 e. The molecule has 1 amide bonds. The molecular formula is C16H25ClN2OS. The molecule has 2 aliphatic rings. The van der Waals surface area contributed by atoms with E-state index in [4.69, 9.17) is 0 Å². The second-order valence-electron chi connectivity index (χ2n) is 5.97. The summed E-state index contributed by atoms with van der Waals surface area (Å²) in [5.74, 6) is 0.262. The molecule has 1 N–H and O–H groups in total. The van der Waals surface area contributed by atoms with Crippen LogP contribution in [0.15, 0.2) is 6.07 Å². The first kappa shape index (κ1) is 16.8. The fourth-order valence-electron chi connectivity index (χ4n) is 3.30. The Bertz CT molecular complexity index is 457. The van der Waals surface area contributed by atoms with Crippen molar-refractivity contribution in [1.29, 1.82) is 0 Å². The Kier molecular flexibility index (Phi) is 6.08. The standard InChI is InChI=1S/C16H24N2OS.ClH/c1-17-13-7-9-18(10-8-13)16(19)15-11-12-5-3-2-4-6-14(12)20-15;/h11,13,17H,2-10H2,1H3;1H. The minimum atomic E-state index is 0. The molecule has 1 aliphatic carbocycles. The zero-order valence-corrected chi connectivity index (χ0v) is 14.3. The lowest BCUT2D eigenvalue weighted by atomic mass is 10.1. The van der Waals surface area contributed by atoms with Gasteiger partial charge >= 0.3 is 0 Å². The predicted molar refractivity (Wildman–Crippen MR) is 90.8 cm³/mol. The van der Waals surface area contributed by atoms with Crippen LogP contribution in [0.25, 0.3) is 0 Å². The molecule has 1 aromatic heterocycles. The van der Waals surface area contributed by atoms with Crippen LogP contribution >= 0.6 is 23.7 Å². The average molecular weight is 329 g/mol. The summed E-state index contributed by atoms with van der Waals surface area (Å²) in [6.45, 7) is 1.79. The number of carbonyl (C=O) groups is 1. The molecule has 0 aromatic carbocycles. The molecule has 3 rings (SSSR count). The highest BCUT2D eigenvalue weighted by molar-refractivity contribution is 7.14. The number of thiophene rings is 1. The second kappa shape index (κ2) is 7.61. The van der Waals surface area contributed by atoms with Gasteiger partial charge in [0.1, 0.15) is 0 Å². The Hall–Kier alpha value is -0.580. The van der Waals surface area contributed by atoms with E-state index in [1.807, 2.05) is 11.9 Å². The summed E-state index contributed by atoms with van der Waals surface area (Å²) in [6.07, 6.45) is 8.40. The number of carbonyl (C=O) groups excluding carboxylic acids is 1. The van der Waals surface area contributed by atoms with E-state index >= 15 is 0 Å². The average Bonchev–Trinajstić information content (AvgIpc) is 2.77. The lowest BCUT2D eigenvalue weighted by Gasteiger charge is -2.31. The smallest absolute Gasteiger partial charge is 0.263 e. The summed E-state index contributed by atoms with van der Waals surface area (Å²) in [5, 5.41) is 3.31. The van der Waals surface area contributed by atoms with Gasteiger partial charge in [0.05, 0.1) is 4.88 Å². The van der Waals surface area contributed by atoms with Crippen LogP contribution in [0, 0.1) is 0 Å². The topological polar surface area (TPSA) is 32.3 Å². The zero-order valence-electron chi connectivity index (χ0n) is 12.7. The van der Waals surface area contributed by atoms with Gasteiger partial charge in [-0.05, 0) is 57.2 Å². The van der Waals surface area contributed by atoms with E-state index in [0.29, 0.717) is 6.04 Å². The fourth-order valence-corrected chi connectivity index (χ4v) is 4.52. The van der Waals surface area contributed by atoms with Crippen LogP contribution in [0.4, 0.5) is 0 Å². The summed E-state index contributed by atoms with van der Waals surface area (Å²) < 4.78 is 0. The highest BCUT2D eigenvalue weighted by Gasteiger charge is 2.25. The van der Waals surface area contributed by atoms with E-state index < -0.39 is 0 Å². The van der Waals surface area contributed by atoms with Crippen molar-refractivity contribution in [2.45, 2.75) is 51.0 Å². The molecule has 0 radical (unpaired) electrons. The SMILES string of the molecule is CNC1CCN(C(=O)c2cc3c(s2)CCCCC3)CC1.Cl. The van der Waals surface area contributed by atoms with Crippen molar-refractivity contribution in [1.82, 2.24) is 10.2 Å². The molecule has 0 spiro atoms. The number of rotatable bonds is 2. The molecule has 0 unspecified atom stereocenters. The van der Waals surface area contributed by atoms with Crippen molar-refractivity contribution in [3.8, 4) is 0 Å². The highest BCUT2D eigenvalue weighted by Crippen LogP contribution is 2.30. The third-order valence-corrected chi connectivity index (χ3v) is 5.87. The van der Waals surface area contributed by atoms with Crippen molar-refractivity contribution in [3.63, 3.8) is 0 Å². The Morgan fingerprint density at radius 3 is 2.67 bits per heavy atom. The van der Waals surface area contributed by atoms with E-state index in [2.05, 4.69) is 11.4 Å². The van der Waals surface area contributed by atoms with Gasteiger partial charge < -0.3 is 10.2 Å². The first-order chi connectivity index (χ1) is 9.78. The van der Waals surface area contributed by atoms with Gasteiger partial charge in [-0.1, -0.05) is 6.42 Å². The van der Waals surface area contributed by atoms with Gasteiger partial charge in [0.25, 0.3) is 5.91 Å². The van der Waals surface area contributed by atoms with Gasteiger partial charge in [0.15, 0.2) is 0 Å². The largest absolute Gasteiger partial charge is 0.338 e. The van der Waals surface area contributed by atoms with Gasteiger partial charge in [-0.2, -0.15) is 0 Å². The maximum atomic E-state index is 12.6. The molecule has 1 aliphatic heterocycles. The minimum absolute atomic E-state index is 0. The van der Waals surface area contributed by atoms with Gasteiger partial charge in [-0.25, -0.2) is 0 Å². The van der Waals surface area contributed by atoms with Crippen LogP contribution in [0.1, 0.15) is 52.2 Å². The van der Waals surface area contributed by atoms with Crippen molar-refractivity contribution in [3.05, 3.63) is 21.4 Å². The lowest BCUT2D eigenvalue weighted by molar-refractivity contribution is 0.0712. The monoisotopic (exact) mass is 328 g/mol. The molecule has 0 atom stereocenters.